The molecular formula is C15H22ClN. The van der Waals surface area contributed by atoms with Gasteiger partial charge in [0.15, 0.2) is 0 Å². The SMILES string of the molecule is CCC1(CNC/C=C/c2ccccc2)CC1.Cl. The fraction of sp³-hybridized carbons (Fsp3) is 0.467. The third-order valence-electron chi connectivity index (χ3n) is 3.58. The Kier molecular flexibility index (Phi) is 5.73. The van der Waals surface area contributed by atoms with Crippen molar-refractivity contribution in [3.63, 3.8) is 0 Å². The number of nitrogens with one attached hydrogen (secondary N) is 1. The van der Waals surface area contributed by atoms with Crippen molar-refractivity contribution in [2.24, 2.45) is 5.41 Å². The van der Waals surface area contributed by atoms with E-state index < -0.39 is 0 Å². The van der Waals surface area contributed by atoms with Gasteiger partial charge in [0.25, 0.3) is 0 Å². The zero-order valence-electron chi connectivity index (χ0n) is 10.5. The predicted octanol–water partition coefficient (Wildman–Crippen LogP) is 3.90. The summed E-state index contributed by atoms with van der Waals surface area (Å²) in [6.07, 6.45) is 8.54. The fourth-order valence-corrected chi connectivity index (χ4v) is 2.01. The summed E-state index contributed by atoms with van der Waals surface area (Å²) in [6, 6.07) is 10.5. The van der Waals surface area contributed by atoms with Gasteiger partial charge in [-0.25, -0.2) is 0 Å². The monoisotopic (exact) mass is 251 g/mol. The Hall–Kier alpha value is -0.790. The summed E-state index contributed by atoms with van der Waals surface area (Å²) < 4.78 is 0. The minimum atomic E-state index is 0. The van der Waals surface area contributed by atoms with Crippen LogP contribution < -0.4 is 5.32 Å². The van der Waals surface area contributed by atoms with Gasteiger partial charge in [0.05, 0.1) is 0 Å². The quantitative estimate of drug-likeness (QED) is 0.756. The lowest BCUT2D eigenvalue weighted by Gasteiger charge is -2.11. The molecule has 0 bridgehead atoms. The molecule has 0 amide bonds. The summed E-state index contributed by atoms with van der Waals surface area (Å²) >= 11 is 0. The molecule has 1 saturated carbocycles. The normalized spacial score (nSPS) is 16.8. The van der Waals surface area contributed by atoms with Crippen LogP contribution in [0.1, 0.15) is 31.7 Å². The molecule has 1 aliphatic carbocycles. The lowest BCUT2D eigenvalue weighted by molar-refractivity contribution is 0.456. The molecule has 0 spiro atoms. The molecule has 2 rings (SSSR count). The van der Waals surface area contributed by atoms with Gasteiger partial charge in [-0.2, -0.15) is 0 Å². The summed E-state index contributed by atoms with van der Waals surface area (Å²) in [7, 11) is 0. The van der Waals surface area contributed by atoms with E-state index in [0.717, 1.165) is 6.54 Å². The van der Waals surface area contributed by atoms with Crippen molar-refractivity contribution in [1.29, 1.82) is 0 Å². The molecule has 94 valence electrons. The van der Waals surface area contributed by atoms with Gasteiger partial charge in [0.2, 0.25) is 0 Å². The molecule has 0 unspecified atom stereocenters. The minimum absolute atomic E-state index is 0. The molecule has 0 aromatic heterocycles. The van der Waals surface area contributed by atoms with Crippen LogP contribution in [0.3, 0.4) is 0 Å². The second-order valence-electron chi connectivity index (χ2n) is 4.80. The lowest BCUT2D eigenvalue weighted by atomic mass is 10.0. The van der Waals surface area contributed by atoms with E-state index in [-0.39, 0.29) is 12.4 Å². The van der Waals surface area contributed by atoms with E-state index in [1.807, 2.05) is 6.07 Å². The van der Waals surface area contributed by atoms with Crippen LogP contribution in [0.25, 0.3) is 6.08 Å². The van der Waals surface area contributed by atoms with Gasteiger partial charge in [-0.3, -0.25) is 0 Å². The summed E-state index contributed by atoms with van der Waals surface area (Å²) in [4.78, 5) is 0. The molecule has 0 heterocycles. The molecule has 0 radical (unpaired) electrons. The van der Waals surface area contributed by atoms with Gasteiger partial charge >= 0.3 is 0 Å². The lowest BCUT2D eigenvalue weighted by Crippen LogP contribution is -2.23. The first-order chi connectivity index (χ1) is 7.85. The van der Waals surface area contributed by atoms with E-state index in [1.54, 1.807) is 0 Å². The highest BCUT2D eigenvalue weighted by Crippen LogP contribution is 2.47. The molecule has 1 N–H and O–H groups in total. The summed E-state index contributed by atoms with van der Waals surface area (Å²) in [5, 5.41) is 3.52. The first kappa shape index (κ1) is 14.3. The Balaban J connectivity index is 0.00000144. The van der Waals surface area contributed by atoms with Crippen molar-refractivity contribution in [2.45, 2.75) is 26.2 Å². The first-order valence-corrected chi connectivity index (χ1v) is 6.27. The average Bonchev–Trinajstić information content (AvgIpc) is 3.11. The van der Waals surface area contributed by atoms with E-state index in [1.165, 1.54) is 31.4 Å². The Morgan fingerprint density at radius 3 is 2.53 bits per heavy atom. The maximum Gasteiger partial charge on any atom is 0.0138 e. The van der Waals surface area contributed by atoms with Crippen LogP contribution in [0, 0.1) is 5.41 Å². The van der Waals surface area contributed by atoms with Crippen LogP contribution in [0.15, 0.2) is 36.4 Å². The zero-order chi connectivity index (χ0) is 11.3. The smallest absolute Gasteiger partial charge is 0.0138 e. The van der Waals surface area contributed by atoms with Crippen LogP contribution in [0.2, 0.25) is 0 Å². The first-order valence-electron chi connectivity index (χ1n) is 6.27. The van der Waals surface area contributed by atoms with Crippen LogP contribution in [0.5, 0.6) is 0 Å². The molecule has 0 saturated heterocycles. The third kappa shape index (κ3) is 4.53. The highest BCUT2D eigenvalue weighted by atomic mass is 35.5. The van der Waals surface area contributed by atoms with Crippen molar-refractivity contribution >= 4 is 18.5 Å². The molecule has 1 aromatic rings. The number of benzene rings is 1. The van der Waals surface area contributed by atoms with E-state index >= 15 is 0 Å². The Morgan fingerprint density at radius 2 is 1.94 bits per heavy atom. The van der Waals surface area contributed by atoms with Gasteiger partial charge in [-0.05, 0) is 30.2 Å². The third-order valence-corrected chi connectivity index (χ3v) is 3.58. The molecule has 1 aliphatic rings. The van der Waals surface area contributed by atoms with E-state index in [4.69, 9.17) is 0 Å². The van der Waals surface area contributed by atoms with Crippen molar-refractivity contribution in [2.75, 3.05) is 13.1 Å². The standard InChI is InChI=1S/C15H21N.ClH/c1-2-15(10-11-15)13-16-12-6-9-14-7-4-3-5-8-14;/h3-9,16H,2,10-13H2,1H3;1H/b9-6+;. The number of rotatable bonds is 6. The summed E-state index contributed by atoms with van der Waals surface area (Å²) in [5.74, 6) is 0. The molecule has 1 fully saturated rings. The molecule has 1 aromatic carbocycles. The Bertz CT molecular complexity index is 341. The van der Waals surface area contributed by atoms with Gasteiger partial charge in [0.1, 0.15) is 0 Å². The van der Waals surface area contributed by atoms with Crippen LogP contribution >= 0.6 is 12.4 Å². The highest BCUT2D eigenvalue weighted by Gasteiger charge is 2.39. The number of hydrogen-bond acceptors (Lipinski definition) is 1. The van der Waals surface area contributed by atoms with Crippen molar-refractivity contribution < 1.29 is 0 Å². The zero-order valence-corrected chi connectivity index (χ0v) is 11.3. The minimum Gasteiger partial charge on any atom is -0.313 e. The highest BCUT2D eigenvalue weighted by molar-refractivity contribution is 5.85. The second kappa shape index (κ2) is 6.83. The van der Waals surface area contributed by atoms with E-state index in [2.05, 4.69) is 48.7 Å². The summed E-state index contributed by atoms with van der Waals surface area (Å²) in [5.41, 5.74) is 1.93. The van der Waals surface area contributed by atoms with Crippen LogP contribution in [0.4, 0.5) is 0 Å². The van der Waals surface area contributed by atoms with Gasteiger partial charge in [0, 0.05) is 13.1 Å². The molecule has 0 atom stereocenters. The number of halogens is 1. The molecule has 0 aliphatic heterocycles. The van der Waals surface area contributed by atoms with Crippen molar-refractivity contribution in [3.8, 4) is 0 Å². The van der Waals surface area contributed by atoms with Crippen molar-refractivity contribution in [1.82, 2.24) is 5.32 Å². The van der Waals surface area contributed by atoms with Gasteiger partial charge in [-0.15, -0.1) is 12.4 Å². The number of hydrogen-bond donors (Lipinski definition) is 1. The van der Waals surface area contributed by atoms with Gasteiger partial charge in [-0.1, -0.05) is 49.4 Å². The Labute approximate surface area is 111 Å². The molecule has 2 heteroatoms. The topological polar surface area (TPSA) is 12.0 Å². The van der Waals surface area contributed by atoms with Crippen LogP contribution in [-0.4, -0.2) is 13.1 Å². The second-order valence-corrected chi connectivity index (χ2v) is 4.80. The van der Waals surface area contributed by atoms with Crippen molar-refractivity contribution in [3.05, 3.63) is 42.0 Å². The summed E-state index contributed by atoms with van der Waals surface area (Å²) in [6.45, 7) is 4.47. The van der Waals surface area contributed by atoms with Crippen LogP contribution in [-0.2, 0) is 0 Å². The van der Waals surface area contributed by atoms with E-state index in [0.29, 0.717) is 5.41 Å². The van der Waals surface area contributed by atoms with E-state index in [9.17, 15) is 0 Å². The predicted molar refractivity (Wildman–Crippen MR) is 77.6 cm³/mol. The average molecular weight is 252 g/mol. The Morgan fingerprint density at radius 1 is 1.24 bits per heavy atom. The maximum absolute atomic E-state index is 3.52. The molecule has 17 heavy (non-hydrogen) atoms. The fourth-order valence-electron chi connectivity index (χ4n) is 2.01. The molecule has 1 nitrogen and oxygen atoms in total. The maximum atomic E-state index is 3.52. The molecular weight excluding hydrogens is 230 g/mol. The largest absolute Gasteiger partial charge is 0.313 e. The van der Waals surface area contributed by atoms with Gasteiger partial charge < -0.3 is 5.32 Å².